The number of rotatable bonds is 4. The standard InChI is InChI=1S/C22H12F2N4O2/c23-13-1-7-17-19(9-13)25-11-21(27-17)29-15-3-5-16(6-4-15)30-22-12-26-20-10-14(24)2-8-18(20)28-22/h1-12H. The van der Waals surface area contributed by atoms with Gasteiger partial charge in [0, 0.05) is 12.1 Å². The van der Waals surface area contributed by atoms with E-state index in [1.165, 1.54) is 36.7 Å². The number of fused-ring (bicyclic) bond motifs is 2. The Hall–Kier alpha value is -4.20. The third-order valence-corrected chi connectivity index (χ3v) is 4.23. The van der Waals surface area contributed by atoms with Crippen molar-refractivity contribution in [1.29, 1.82) is 0 Å². The number of hydrogen-bond donors (Lipinski definition) is 0. The van der Waals surface area contributed by atoms with Gasteiger partial charge in [-0.15, -0.1) is 0 Å². The van der Waals surface area contributed by atoms with E-state index < -0.39 is 0 Å². The lowest BCUT2D eigenvalue weighted by atomic mass is 10.3. The summed E-state index contributed by atoms with van der Waals surface area (Å²) < 4.78 is 37.9. The van der Waals surface area contributed by atoms with Crippen molar-refractivity contribution in [3.63, 3.8) is 0 Å². The number of aromatic nitrogens is 4. The van der Waals surface area contributed by atoms with Gasteiger partial charge in [-0.2, -0.15) is 0 Å². The zero-order valence-corrected chi connectivity index (χ0v) is 15.3. The summed E-state index contributed by atoms with van der Waals surface area (Å²) in [5.41, 5.74) is 1.96. The highest BCUT2D eigenvalue weighted by molar-refractivity contribution is 5.75. The van der Waals surface area contributed by atoms with Crippen LogP contribution in [0.4, 0.5) is 8.78 Å². The third-order valence-electron chi connectivity index (χ3n) is 4.23. The smallest absolute Gasteiger partial charge is 0.238 e. The molecule has 5 aromatic rings. The summed E-state index contributed by atoms with van der Waals surface area (Å²) in [6, 6.07) is 15.2. The molecule has 146 valence electrons. The first kappa shape index (κ1) is 17.9. The highest BCUT2D eigenvalue weighted by Gasteiger charge is 2.06. The maximum atomic E-state index is 13.2. The van der Waals surface area contributed by atoms with Gasteiger partial charge in [0.05, 0.1) is 34.5 Å². The predicted octanol–water partition coefficient (Wildman–Crippen LogP) is 5.44. The average molecular weight is 402 g/mol. The predicted molar refractivity (Wildman–Crippen MR) is 106 cm³/mol. The van der Waals surface area contributed by atoms with Crippen molar-refractivity contribution in [2.75, 3.05) is 0 Å². The van der Waals surface area contributed by atoms with E-state index in [1.807, 2.05) is 0 Å². The first-order chi connectivity index (χ1) is 14.6. The summed E-state index contributed by atoms with van der Waals surface area (Å²) in [7, 11) is 0. The number of benzene rings is 3. The molecule has 0 saturated carbocycles. The molecule has 0 spiro atoms. The fourth-order valence-electron chi connectivity index (χ4n) is 2.85. The van der Waals surface area contributed by atoms with Gasteiger partial charge in [0.1, 0.15) is 23.1 Å². The van der Waals surface area contributed by atoms with E-state index in [-0.39, 0.29) is 23.4 Å². The SMILES string of the molecule is Fc1ccc2nc(Oc3ccc(Oc4cnc5cc(F)ccc5n4)cc3)cnc2c1. The van der Waals surface area contributed by atoms with Crippen LogP contribution in [0.1, 0.15) is 0 Å². The van der Waals surface area contributed by atoms with E-state index in [9.17, 15) is 8.78 Å². The molecule has 0 aliphatic heterocycles. The number of ether oxygens (including phenoxy) is 2. The van der Waals surface area contributed by atoms with Crippen molar-refractivity contribution in [3.8, 4) is 23.3 Å². The molecule has 2 heterocycles. The summed E-state index contributed by atoms with van der Waals surface area (Å²) in [4.78, 5) is 16.9. The number of nitrogens with zero attached hydrogens (tertiary/aromatic N) is 4. The van der Waals surface area contributed by atoms with E-state index in [0.717, 1.165) is 0 Å². The van der Waals surface area contributed by atoms with Gasteiger partial charge in [0.25, 0.3) is 0 Å². The van der Waals surface area contributed by atoms with Crippen LogP contribution in [0.15, 0.2) is 73.1 Å². The van der Waals surface area contributed by atoms with Crippen molar-refractivity contribution in [2.45, 2.75) is 0 Å². The molecule has 0 aliphatic rings. The lowest BCUT2D eigenvalue weighted by molar-refractivity contribution is 0.450. The largest absolute Gasteiger partial charge is 0.437 e. The van der Waals surface area contributed by atoms with Crippen LogP contribution in [0.5, 0.6) is 23.3 Å². The van der Waals surface area contributed by atoms with Gasteiger partial charge >= 0.3 is 0 Å². The van der Waals surface area contributed by atoms with Crippen LogP contribution in [-0.4, -0.2) is 19.9 Å². The molecule has 0 unspecified atom stereocenters. The summed E-state index contributed by atoms with van der Waals surface area (Å²) in [6.07, 6.45) is 2.86. The Morgan fingerprint density at radius 3 is 1.40 bits per heavy atom. The molecule has 0 bridgehead atoms. The van der Waals surface area contributed by atoms with Crippen LogP contribution >= 0.6 is 0 Å². The maximum Gasteiger partial charge on any atom is 0.238 e. The maximum absolute atomic E-state index is 13.2. The van der Waals surface area contributed by atoms with Crippen LogP contribution < -0.4 is 9.47 Å². The topological polar surface area (TPSA) is 70.0 Å². The summed E-state index contributed by atoms with van der Waals surface area (Å²) in [5.74, 6) is 0.885. The fourth-order valence-corrected chi connectivity index (χ4v) is 2.85. The van der Waals surface area contributed by atoms with Crippen LogP contribution in [0.2, 0.25) is 0 Å². The number of hydrogen-bond acceptors (Lipinski definition) is 6. The molecule has 2 aromatic heterocycles. The van der Waals surface area contributed by atoms with Crippen molar-refractivity contribution >= 4 is 22.1 Å². The second-order valence-electron chi connectivity index (χ2n) is 6.36. The summed E-state index contributed by atoms with van der Waals surface area (Å²) in [5, 5.41) is 0. The Morgan fingerprint density at radius 1 is 0.533 bits per heavy atom. The Labute approximate surface area is 168 Å². The average Bonchev–Trinajstić information content (AvgIpc) is 2.75. The zero-order chi connectivity index (χ0) is 20.5. The first-order valence-electron chi connectivity index (χ1n) is 8.93. The second kappa shape index (κ2) is 7.32. The zero-order valence-electron chi connectivity index (χ0n) is 15.3. The van der Waals surface area contributed by atoms with E-state index in [1.54, 1.807) is 36.4 Å². The summed E-state index contributed by atoms with van der Waals surface area (Å²) >= 11 is 0. The molecule has 0 N–H and O–H groups in total. The van der Waals surface area contributed by atoms with Crippen molar-refractivity contribution < 1.29 is 18.3 Å². The van der Waals surface area contributed by atoms with Gasteiger partial charge in [-0.3, -0.25) is 0 Å². The van der Waals surface area contributed by atoms with E-state index in [2.05, 4.69) is 19.9 Å². The normalized spacial score (nSPS) is 11.0. The van der Waals surface area contributed by atoms with E-state index >= 15 is 0 Å². The van der Waals surface area contributed by atoms with Gasteiger partial charge < -0.3 is 9.47 Å². The highest BCUT2D eigenvalue weighted by atomic mass is 19.1. The second-order valence-corrected chi connectivity index (χ2v) is 6.36. The lowest BCUT2D eigenvalue weighted by Crippen LogP contribution is -1.93. The van der Waals surface area contributed by atoms with Crippen molar-refractivity contribution in [1.82, 2.24) is 19.9 Å². The Balaban J connectivity index is 1.32. The van der Waals surface area contributed by atoms with Gasteiger partial charge in [-0.25, -0.2) is 28.7 Å². The Kier molecular flexibility index (Phi) is 4.36. The van der Waals surface area contributed by atoms with E-state index in [0.29, 0.717) is 33.6 Å². The van der Waals surface area contributed by atoms with Crippen molar-refractivity contribution in [3.05, 3.63) is 84.7 Å². The molecule has 0 amide bonds. The molecular weight excluding hydrogens is 390 g/mol. The molecule has 8 heteroatoms. The highest BCUT2D eigenvalue weighted by Crippen LogP contribution is 2.26. The molecule has 5 rings (SSSR count). The quantitative estimate of drug-likeness (QED) is 0.399. The molecular formula is C22H12F2N4O2. The van der Waals surface area contributed by atoms with Crippen LogP contribution in [0.25, 0.3) is 22.1 Å². The minimum atomic E-state index is -0.371. The summed E-state index contributed by atoms with van der Waals surface area (Å²) in [6.45, 7) is 0. The number of halogens is 2. The van der Waals surface area contributed by atoms with Gasteiger partial charge in [-0.05, 0) is 48.5 Å². The molecule has 0 atom stereocenters. The van der Waals surface area contributed by atoms with Crippen LogP contribution in [-0.2, 0) is 0 Å². The monoisotopic (exact) mass is 402 g/mol. The molecule has 0 aliphatic carbocycles. The molecule has 0 radical (unpaired) electrons. The molecule has 30 heavy (non-hydrogen) atoms. The Bertz CT molecular complexity index is 1270. The fraction of sp³-hybridized carbons (Fsp3) is 0. The lowest BCUT2D eigenvalue weighted by Gasteiger charge is -2.08. The van der Waals surface area contributed by atoms with Crippen molar-refractivity contribution in [2.24, 2.45) is 0 Å². The third kappa shape index (κ3) is 3.70. The van der Waals surface area contributed by atoms with Crippen LogP contribution in [0, 0.1) is 11.6 Å². The first-order valence-corrected chi connectivity index (χ1v) is 8.93. The minimum Gasteiger partial charge on any atom is -0.437 e. The van der Waals surface area contributed by atoms with Gasteiger partial charge in [0.15, 0.2) is 0 Å². The van der Waals surface area contributed by atoms with Gasteiger partial charge in [-0.1, -0.05) is 0 Å². The minimum absolute atomic E-state index is 0.287. The molecule has 6 nitrogen and oxygen atoms in total. The van der Waals surface area contributed by atoms with Gasteiger partial charge in [0.2, 0.25) is 11.8 Å². The molecule has 0 saturated heterocycles. The van der Waals surface area contributed by atoms with Crippen LogP contribution in [0.3, 0.4) is 0 Å². The van der Waals surface area contributed by atoms with E-state index in [4.69, 9.17) is 9.47 Å². The molecule has 0 fully saturated rings. The Morgan fingerprint density at radius 2 is 0.967 bits per heavy atom. The molecule has 3 aromatic carbocycles.